The number of allylic oxidation sites excluding steroid dienone is 1. The van der Waals surface area contributed by atoms with Crippen molar-refractivity contribution in [2.45, 2.75) is 52.0 Å². The first-order chi connectivity index (χ1) is 10.5. The molecule has 0 bridgehead atoms. The first-order valence-electron chi connectivity index (χ1n) is 7.80. The van der Waals surface area contributed by atoms with Crippen molar-refractivity contribution in [2.24, 2.45) is 0 Å². The van der Waals surface area contributed by atoms with Crippen LogP contribution in [-0.2, 0) is 11.3 Å². The Kier molecular flexibility index (Phi) is 8.11. The maximum atomic E-state index is 11.8. The Morgan fingerprint density at radius 3 is 2.55 bits per heavy atom. The van der Waals surface area contributed by atoms with Crippen LogP contribution in [0.2, 0.25) is 0 Å². The van der Waals surface area contributed by atoms with Crippen LogP contribution in [0, 0.1) is 0 Å². The monoisotopic (exact) mass is 305 g/mol. The smallest absolute Gasteiger partial charge is 0.220 e. The Balaban J connectivity index is 2.19. The van der Waals surface area contributed by atoms with Crippen molar-refractivity contribution in [2.75, 3.05) is 7.11 Å². The average Bonchev–Trinajstić information content (AvgIpc) is 2.49. The second kappa shape index (κ2) is 9.87. The fourth-order valence-electron chi connectivity index (χ4n) is 2.19. The molecule has 1 aromatic carbocycles. The maximum Gasteiger partial charge on any atom is 0.220 e. The summed E-state index contributed by atoms with van der Waals surface area (Å²) in [5, 5.41) is 12.4. The van der Waals surface area contributed by atoms with Crippen LogP contribution in [-0.4, -0.2) is 18.1 Å². The molecular formula is C18H27NO3. The van der Waals surface area contributed by atoms with E-state index >= 15 is 0 Å². The highest BCUT2D eigenvalue weighted by Gasteiger charge is 2.05. The van der Waals surface area contributed by atoms with E-state index in [0.717, 1.165) is 37.7 Å². The predicted molar refractivity (Wildman–Crippen MR) is 89.0 cm³/mol. The summed E-state index contributed by atoms with van der Waals surface area (Å²) < 4.78 is 5.04. The van der Waals surface area contributed by atoms with Crippen LogP contribution >= 0.6 is 0 Å². The van der Waals surface area contributed by atoms with E-state index in [1.54, 1.807) is 18.2 Å². The third-order valence-corrected chi connectivity index (χ3v) is 3.49. The molecule has 0 fully saturated rings. The van der Waals surface area contributed by atoms with E-state index in [0.29, 0.717) is 18.7 Å². The van der Waals surface area contributed by atoms with Gasteiger partial charge in [-0.3, -0.25) is 4.79 Å². The fraction of sp³-hybridized carbons (Fsp3) is 0.500. The fourth-order valence-corrected chi connectivity index (χ4v) is 2.19. The molecule has 0 heterocycles. The molecule has 0 aromatic heterocycles. The Hall–Kier alpha value is -1.97. The normalized spacial score (nSPS) is 10.3. The Morgan fingerprint density at radius 1 is 1.23 bits per heavy atom. The predicted octanol–water partition coefficient (Wildman–Crippen LogP) is 3.93. The summed E-state index contributed by atoms with van der Waals surface area (Å²) in [6.45, 7) is 6.38. The number of nitrogens with one attached hydrogen (secondary N) is 1. The van der Waals surface area contributed by atoms with Crippen molar-refractivity contribution in [3.05, 3.63) is 35.9 Å². The zero-order valence-electron chi connectivity index (χ0n) is 13.7. The number of hydrogen-bond acceptors (Lipinski definition) is 3. The highest BCUT2D eigenvalue weighted by molar-refractivity contribution is 5.75. The number of unbranched alkanes of at least 4 members (excludes halogenated alkanes) is 3. The van der Waals surface area contributed by atoms with Crippen molar-refractivity contribution >= 4 is 5.91 Å². The Bertz CT molecular complexity index is 497. The van der Waals surface area contributed by atoms with E-state index < -0.39 is 0 Å². The first kappa shape index (κ1) is 18.1. The van der Waals surface area contributed by atoms with Gasteiger partial charge < -0.3 is 15.2 Å². The van der Waals surface area contributed by atoms with Crippen molar-refractivity contribution in [1.29, 1.82) is 0 Å². The lowest BCUT2D eigenvalue weighted by Gasteiger charge is -2.08. The van der Waals surface area contributed by atoms with Gasteiger partial charge in [-0.1, -0.05) is 24.5 Å². The third-order valence-electron chi connectivity index (χ3n) is 3.49. The van der Waals surface area contributed by atoms with Crippen LogP contribution in [0.1, 0.15) is 51.0 Å². The lowest BCUT2D eigenvalue weighted by atomic mass is 10.1. The lowest BCUT2D eigenvalue weighted by Crippen LogP contribution is -2.22. The highest BCUT2D eigenvalue weighted by atomic mass is 16.5. The topological polar surface area (TPSA) is 58.6 Å². The summed E-state index contributed by atoms with van der Waals surface area (Å²) in [6, 6.07) is 5.07. The molecule has 22 heavy (non-hydrogen) atoms. The minimum Gasteiger partial charge on any atom is -0.504 e. The van der Waals surface area contributed by atoms with Crippen molar-refractivity contribution < 1.29 is 14.6 Å². The van der Waals surface area contributed by atoms with E-state index in [9.17, 15) is 9.90 Å². The Morgan fingerprint density at radius 2 is 1.91 bits per heavy atom. The number of ether oxygens (including phenoxy) is 1. The average molecular weight is 305 g/mol. The van der Waals surface area contributed by atoms with Gasteiger partial charge in [0, 0.05) is 13.0 Å². The second-order valence-corrected chi connectivity index (χ2v) is 5.65. The van der Waals surface area contributed by atoms with E-state index in [2.05, 4.69) is 11.9 Å². The molecule has 122 valence electrons. The molecule has 0 unspecified atom stereocenters. The zero-order valence-corrected chi connectivity index (χ0v) is 13.7. The van der Waals surface area contributed by atoms with Crippen molar-refractivity contribution in [1.82, 2.24) is 5.32 Å². The first-order valence-corrected chi connectivity index (χ1v) is 7.80. The summed E-state index contributed by atoms with van der Waals surface area (Å²) in [4.78, 5) is 11.8. The summed E-state index contributed by atoms with van der Waals surface area (Å²) in [7, 11) is 1.51. The van der Waals surface area contributed by atoms with Crippen LogP contribution in [0.25, 0.3) is 0 Å². The SMILES string of the molecule is C=C(C)CCCCCCC(=O)NCc1ccc(O)c(OC)c1. The summed E-state index contributed by atoms with van der Waals surface area (Å²) >= 11 is 0. The number of hydrogen-bond donors (Lipinski definition) is 2. The molecule has 1 aromatic rings. The van der Waals surface area contributed by atoms with Crippen LogP contribution in [0.4, 0.5) is 0 Å². The molecule has 0 aliphatic carbocycles. The molecule has 0 spiro atoms. The summed E-state index contributed by atoms with van der Waals surface area (Å²) in [6.07, 6.45) is 5.94. The lowest BCUT2D eigenvalue weighted by molar-refractivity contribution is -0.121. The van der Waals surface area contributed by atoms with Gasteiger partial charge in [-0.2, -0.15) is 0 Å². The number of methoxy groups -OCH3 is 1. The minimum absolute atomic E-state index is 0.0620. The molecule has 0 saturated carbocycles. The van der Waals surface area contributed by atoms with Crippen molar-refractivity contribution in [3.63, 3.8) is 0 Å². The van der Waals surface area contributed by atoms with Crippen LogP contribution in [0.15, 0.2) is 30.4 Å². The van der Waals surface area contributed by atoms with Crippen LogP contribution in [0.5, 0.6) is 11.5 Å². The molecule has 1 rings (SSSR count). The van der Waals surface area contributed by atoms with E-state index in [1.807, 2.05) is 6.92 Å². The van der Waals surface area contributed by atoms with Gasteiger partial charge >= 0.3 is 0 Å². The number of phenols is 1. The van der Waals surface area contributed by atoms with Crippen molar-refractivity contribution in [3.8, 4) is 11.5 Å². The van der Waals surface area contributed by atoms with Gasteiger partial charge in [0.2, 0.25) is 5.91 Å². The number of carbonyl (C=O) groups excluding carboxylic acids is 1. The van der Waals surface area contributed by atoms with Gasteiger partial charge in [0.05, 0.1) is 7.11 Å². The largest absolute Gasteiger partial charge is 0.504 e. The summed E-state index contributed by atoms with van der Waals surface area (Å²) in [5.41, 5.74) is 2.13. The molecule has 1 amide bonds. The molecule has 4 nitrogen and oxygen atoms in total. The van der Waals surface area contributed by atoms with Gasteiger partial charge in [0.15, 0.2) is 11.5 Å². The van der Waals surface area contributed by atoms with Gasteiger partial charge in [0.25, 0.3) is 0 Å². The van der Waals surface area contributed by atoms with Gasteiger partial charge in [-0.25, -0.2) is 0 Å². The summed E-state index contributed by atoms with van der Waals surface area (Å²) in [5.74, 6) is 0.587. The third kappa shape index (κ3) is 7.16. The molecule has 4 heteroatoms. The number of aromatic hydroxyl groups is 1. The highest BCUT2D eigenvalue weighted by Crippen LogP contribution is 2.26. The minimum atomic E-state index is 0.0620. The maximum absolute atomic E-state index is 11.8. The molecule has 0 radical (unpaired) electrons. The second-order valence-electron chi connectivity index (χ2n) is 5.65. The molecule has 0 atom stereocenters. The molecule has 0 aliphatic heterocycles. The number of carbonyl (C=O) groups is 1. The van der Waals surface area contributed by atoms with E-state index in [1.165, 1.54) is 12.7 Å². The Labute approximate surface area is 133 Å². The van der Waals surface area contributed by atoms with Gasteiger partial charge in [-0.15, -0.1) is 6.58 Å². The van der Waals surface area contributed by atoms with E-state index in [4.69, 9.17) is 4.74 Å². The zero-order chi connectivity index (χ0) is 16.4. The van der Waals surface area contributed by atoms with Gasteiger partial charge in [0.1, 0.15) is 0 Å². The molecular weight excluding hydrogens is 278 g/mol. The molecule has 0 saturated heterocycles. The van der Waals surface area contributed by atoms with E-state index in [-0.39, 0.29) is 11.7 Å². The quantitative estimate of drug-likeness (QED) is 0.508. The van der Waals surface area contributed by atoms with Crippen LogP contribution in [0.3, 0.4) is 0 Å². The van der Waals surface area contributed by atoms with Crippen LogP contribution < -0.4 is 10.1 Å². The van der Waals surface area contributed by atoms with Gasteiger partial charge in [-0.05, 0) is 43.9 Å². The standard InChI is InChI=1S/C18H27NO3/c1-14(2)8-6-4-5-7-9-18(21)19-13-15-10-11-16(20)17(12-15)22-3/h10-12,20H,1,4-9,13H2,2-3H3,(H,19,21). The number of phenolic OH excluding ortho intramolecular Hbond substituents is 1. The number of amides is 1. The molecule has 2 N–H and O–H groups in total. The number of benzene rings is 1. The molecule has 0 aliphatic rings. The number of rotatable bonds is 10.